The Bertz CT molecular complexity index is 508. The third-order valence-electron chi connectivity index (χ3n) is 3.57. The van der Waals surface area contributed by atoms with Crippen LogP contribution in [0.3, 0.4) is 0 Å². The molecule has 5 heteroatoms. The van der Waals surface area contributed by atoms with Gasteiger partial charge in [0, 0.05) is 18.1 Å². The number of hydrogen-bond donors (Lipinski definition) is 2. The van der Waals surface area contributed by atoms with Gasteiger partial charge in [0.25, 0.3) is 0 Å². The van der Waals surface area contributed by atoms with Crippen LogP contribution in [-0.2, 0) is 4.74 Å². The van der Waals surface area contributed by atoms with Gasteiger partial charge < -0.3 is 20.1 Å². The molecule has 122 valence electrons. The summed E-state index contributed by atoms with van der Waals surface area (Å²) in [6, 6.07) is 8.68. The maximum atomic E-state index is 11.7. The second kappa shape index (κ2) is 6.57. The van der Waals surface area contributed by atoms with Crippen molar-refractivity contribution in [3.8, 4) is 5.75 Å². The SMILES string of the molecule is COc1ccc(C(C)NC2CC2NC(=O)OC(C)(C)C)cc1. The first kappa shape index (κ1) is 16.6. The molecule has 1 saturated carbocycles. The number of nitrogens with one attached hydrogen (secondary N) is 2. The second-order valence-corrected chi connectivity index (χ2v) is 6.76. The van der Waals surface area contributed by atoms with Gasteiger partial charge in [-0.15, -0.1) is 0 Å². The first-order chi connectivity index (χ1) is 10.3. The largest absolute Gasteiger partial charge is 0.497 e. The van der Waals surface area contributed by atoms with Gasteiger partial charge in [-0.1, -0.05) is 12.1 Å². The molecule has 1 fully saturated rings. The average molecular weight is 306 g/mol. The summed E-state index contributed by atoms with van der Waals surface area (Å²) < 4.78 is 10.4. The lowest BCUT2D eigenvalue weighted by Crippen LogP contribution is -2.37. The Hall–Kier alpha value is -1.75. The number of carbonyl (C=O) groups excluding carboxylic acids is 1. The van der Waals surface area contributed by atoms with E-state index in [1.165, 1.54) is 5.56 Å². The van der Waals surface area contributed by atoms with Crippen molar-refractivity contribution >= 4 is 6.09 Å². The maximum Gasteiger partial charge on any atom is 0.407 e. The zero-order valence-electron chi connectivity index (χ0n) is 14.0. The fourth-order valence-electron chi connectivity index (χ4n) is 2.31. The molecule has 3 atom stereocenters. The summed E-state index contributed by atoms with van der Waals surface area (Å²) in [6.07, 6.45) is 0.582. The van der Waals surface area contributed by atoms with E-state index >= 15 is 0 Å². The Morgan fingerprint density at radius 2 is 1.86 bits per heavy atom. The second-order valence-electron chi connectivity index (χ2n) is 6.76. The van der Waals surface area contributed by atoms with Crippen LogP contribution in [0.5, 0.6) is 5.75 Å². The molecule has 0 aliphatic heterocycles. The Labute approximate surface area is 132 Å². The van der Waals surface area contributed by atoms with Gasteiger partial charge in [-0.05, 0) is 51.8 Å². The molecule has 22 heavy (non-hydrogen) atoms. The molecular weight excluding hydrogens is 280 g/mol. The van der Waals surface area contributed by atoms with Gasteiger partial charge in [-0.2, -0.15) is 0 Å². The number of benzene rings is 1. The average Bonchev–Trinajstić information content (AvgIpc) is 3.14. The van der Waals surface area contributed by atoms with E-state index in [0.29, 0.717) is 6.04 Å². The number of methoxy groups -OCH3 is 1. The smallest absolute Gasteiger partial charge is 0.407 e. The summed E-state index contributed by atoms with van der Waals surface area (Å²) in [5, 5.41) is 6.41. The van der Waals surface area contributed by atoms with E-state index in [9.17, 15) is 4.79 Å². The van der Waals surface area contributed by atoms with E-state index in [-0.39, 0.29) is 18.2 Å². The highest BCUT2D eigenvalue weighted by Gasteiger charge is 2.39. The number of carbonyl (C=O) groups is 1. The van der Waals surface area contributed by atoms with Gasteiger partial charge in [0.15, 0.2) is 0 Å². The molecule has 0 radical (unpaired) electrons. The van der Waals surface area contributed by atoms with Gasteiger partial charge in [0.2, 0.25) is 0 Å². The predicted octanol–water partition coefficient (Wildman–Crippen LogP) is 3.01. The van der Waals surface area contributed by atoms with Gasteiger partial charge in [0.05, 0.1) is 7.11 Å². The van der Waals surface area contributed by atoms with Gasteiger partial charge in [-0.3, -0.25) is 0 Å². The van der Waals surface area contributed by atoms with Gasteiger partial charge in [-0.25, -0.2) is 4.79 Å². The van der Waals surface area contributed by atoms with E-state index in [1.807, 2.05) is 32.9 Å². The monoisotopic (exact) mass is 306 g/mol. The molecule has 1 amide bonds. The summed E-state index contributed by atoms with van der Waals surface area (Å²) in [5.74, 6) is 0.854. The molecule has 5 nitrogen and oxygen atoms in total. The van der Waals surface area contributed by atoms with Crippen LogP contribution >= 0.6 is 0 Å². The van der Waals surface area contributed by atoms with Crippen LogP contribution in [0.4, 0.5) is 4.79 Å². The third kappa shape index (κ3) is 4.91. The van der Waals surface area contributed by atoms with Crippen LogP contribution in [0.15, 0.2) is 24.3 Å². The number of rotatable bonds is 5. The van der Waals surface area contributed by atoms with Crippen molar-refractivity contribution in [1.82, 2.24) is 10.6 Å². The highest BCUT2D eigenvalue weighted by molar-refractivity contribution is 5.68. The van der Waals surface area contributed by atoms with E-state index in [2.05, 4.69) is 29.7 Å². The van der Waals surface area contributed by atoms with Crippen LogP contribution in [0.25, 0.3) is 0 Å². The number of alkyl carbamates (subject to hydrolysis) is 1. The quantitative estimate of drug-likeness (QED) is 0.878. The molecule has 2 N–H and O–H groups in total. The Morgan fingerprint density at radius 1 is 1.23 bits per heavy atom. The highest BCUT2D eigenvalue weighted by atomic mass is 16.6. The van der Waals surface area contributed by atoms with Gasteiger partial charge >= 0.3 is 6.09 Å². The molecule has 0 aromatic heterocycles. The Balaban J connectivity index is 1.77. The number of ether oxygens (including phenoxy) is 2. The predicted molar refractivity (Wildman–Crippen MR) is 86.1 cm³/mol. The molecule has 1 aromatic rings. The Kier molecular flexibility index (Phi) is 4.96. The van der Waals surface area contributed by atoms with Crippen molar-refractivity contribution in [2.75, 3.05) is 7.11 Å². The molecule has 0 spiro atoms. The summed E-state index contributed by atoms with van der Waals surface area (Å²) in [6.45, 7) is 7.70. The standard InChI is InChI=1S/C17H26N2O3/c1-11(12-6-8-13(21-5)9-7-12)18-14-10-15(14)19-16(20)22-17(2,3)4/h6-9,11,14-15,18H,10H2,1-5H3,(H,19,20). The fraction of sp³-hybridized carbons (Fsp3) is 0.588. The molecule has 0 saturated heterocycles. The van der Waals surface area contributed by atoms with E-state index < -0.39 is 5.60 Å². The molecule has 2 rings (SSSR count). The minimum Gasteiger partial charge on any atom is -0.497 e. The molecular formula is C17H26N2O3. The topological polar surface area (TPSA) is 59.6 Å². The van der Waals surface area contributed by atoms with Crippen LogP contribution in [0, 0.1) is 0 Å². The molecule has 3 unspecified atom stereocenters. The van der Waals surface area contributed by atoms with Crippen molar-refractivity contribution in [2.45, 2.75) is 57.8 Å². The van der Waals surface area contributed by atoms with Crippen molar-refractivity contribution in [1.29, 1.82) is 0 Å². The minimum absolute atomic E-state index is 0.149. The van der Waals surface area contributed by atoms with Crippen LogP contribution in [0.2, 0.25) is 0 Å². The van der Waals surface area contributed by atoms with Crippen molar-refractivity contribution in [3.63, 3.8) is 0 Å². The summed E-state index contributed by atoms with van der Waals surface area (Å²) >= 11 is 0. The first-order valence-electron chi connectivity index (χ1n) is 7.68. The van der Waals surface area contributed by atoms with Crippen LogP contribution < -0.4 is 15.4 Å². The summed E-state index contributed by atoms with van der Waals surface area (Å²) in [5.41, 5.74) is 0.738. The van der Waals surface area contributed by atoms with Crippen molar-refractivity contribution in [3.05, 3.63) is 29.8 Å². The first-order valence-corrected chi connectivity index (χ1v) is 7.68. The number of hydrogen-bond acceptors (Lipinski definition) is 4. The normalized spacial score (nSPS) is 21.9. The molecule has 1 aliphatic rings. The molecule has 1 aromatic carbocycles. The van der Waals surface area contributed by atoms with E-state index in [0.717, 1.165) is 12.2 Å². The molecule has 0 heterocycles. The van der Waals surface area contributed by atoms with Crippen LogP contribution in [-0.4, -0.2) is 30.9 Å². The fourth-order valence-corrected chi connectivity index (χ4v) is 2.31. The zero-order valence-corrected chi connectivity index (χ0v) is 14.0. The molecule has 1 aliphatic carbocycles. The summed E-state index contributed by atoms with van der Waals surface area (Å²) in [7, 11) is 1.66. The van der Waals surface area contributed by atoms with Crippen molar-refractivity contribution < 1.29 is 14.3 Å². The van der Waals surface area contributed by atoms with E-state index in [1.54, 1.807) is 7.11 Å². The van der Waals surface area contributed by atoms with Gasteiger partial charge in [0.1, 0.15) is 11.4 Å². The zero-order chi connectivity index (χ0) is 16.3. The molecule has 0 bridgehead atoms. The highest BCUT2D eigenvalue weighted by Crippen LogP contribution is 2.26. The van der Waals surface area contributed by atoms with E-state index in [4.69, 9.17) is 9.47 Å². The van der Waals surface area contributed by atoms with Crippen molar-refractivity contribution in [2.24, 2.45) is 0 Å². The third-order valence-corrected chi connectivity index (χ3v) is 3.57. The lowest BCUT2D eigenvalue weighted by molar-refractivity contribution is 0.0522. The lowest BCUT2D eigenvalue weighted by atomic mass is 10.1. The Morgan fingerprint density at radius 3 is 2.41 bits per heavy atom. The maximum absolute atomic E-state index is 11.7. The lowest BCUT2D eigenvalue weighted by Gasteiger charge is -2.20. The summed E-state index contributed by atoms with van der Waals surface area (Å²) in [4.78, 5) is 11.7. The minimum atomic E-state index is -0.460. The van der Waals surface area contributed by atoms with Crippen LogP contribution in [0.1, 0.15) is 45.7 Å². The number of amides is 1.